The van der Waals surface area contributed by atoms with Crippen molar-refractivity contribution in [3.05, 3.63) is 63.8 Å². The highest BCUT2D eigenvalue weighted by atomic mass is 19.4. The third kappa shape index (κ3) is 3.03. The summed E-state index contributed by atoms with van der Waals surface area (Å²) >= 11 is 0. The number of ether oxygens (including phenoxy) is 1. The summed E-state index contributed by atoms with van der Waals surface area (Å²) in [6, 6.07) is 9.40. The van der Waals surface area contributed by atoms with Crippen molar-refractivity contribution in [1.29, 1.82) is 0 Å². The quantitative estimate of drug-likeness (QED) is 0.775. The molecule has 0 unspecified atom stereocenters. The molecule has 0 atom stereocenters. The lowest BCUT2D eigenvalue weighted by atomic mass is 10.1. The molecule has 0 aliphatic rings. The van der Waals surface area contributed by atoms with Gasteiger partial charge in [-0.05, 0) is 42.8 Å². The van der Waals surface area contributed by atoms with E-state index in [1.165, 1.54) is 12.1 Å². The highest BCUT2D eigenvalue weighted by Gasteiger charge is 2.30. The van der Waals surface area contributed by atoms with E-state index in [1.54, 1.807) is 18.2 Å². The number of nitrogens with one attached hydrogen (secondary N) is 1. The number of aromatic amines is 1. The zero-order valence-electron chi connectivity index (χ0n) is 11.9. The first-order chi connectivity index (χ1) is 10.8. The van der Waals surface area contributed by atoms with Gasteiger partial charge >= 0.3 is 6.18 Å². The molecule has 7 heteroatoms. The fourth-order valence-corrected chi connectivity index (χ4v) is 2.14. The molecule has 0 aliphatic heterocycles. The normalized spacial score (nSPS) is 11.7. The molecule has 0 saturated carbocycles. The van der Waals surface area contributed by atoms with Crippen LogP contribution in [0.3, 0.4) is 0 Å². The SMILES string of the molecule is Cc1ccc2c(=O)c(Oc3cccc(C(F)(F)F)c3)n[nH]c2c1. The second kappa shape index (κ2) is 5.42. The molecule has 0 aliphatic carbocycles. The second-order valence-electron chi connectivity index (χ2n) is 5.03. The summed E-state index contributed by atoms with van der Waals surface area (Å²) in [5, 5.41) is 6.82. The number of rotatable bonds is 2. The van der Waals surface area contributed by atoms with Crippen molar-refractivity contribution >= 4 is 10.9 Å². The van der Waals surface area contributed by atoms with Crippen molar-refractivity contribution in [3.8, 4) is 11.6 Å². The van der Waals surface area contributed by atoms with Crippen LogP contribution in [0.1, 0.15) is 11.1 Å². The lowest BCUT2D eigenvalue weighted by Gasteiger charge is -2.09. The van der Waals surface area contributed by atoms with Crippen LogP contribution in [0.15, 0.2) is 47.3 Å². The van der Waals surface area contributed by atoms with Crippen molar-refractivity contribution < 1.29 is 17.9 Å². The molecule has 3 rings (SSSR count). The van der Waals surface area contributed by atoms with Gasteiger partial charge in [0.15, 0.2) is 0 Å². The Hall–Kier alpha value is -2.83. The van der Waals surface area contributed by atoms with E-state index < -0.39 is 17.2 Å². The largest absolute Gasteiger partial charge is 0.435 e. The van der Waals surface area contributed by atoms with Gasteiger partial charge in [-0.3, -0.25) is 9.89 Å². The second-order valence-corrected chi connectivity index (χ2v) is 5.03. The molecule has 4 nitrogen and oxygen atoms in total. The molecule has 1 aromatic heterocycles. The van der Waals surface area contributed by atoms with Crippen LogP contribution < -0.4 is 10.2 Å². The van der Waals surface area contributed by atoms with Gasteiger partial charge < -0.3 is 4.74 Å². The zero-order valence-corrected chi connectivity index (χ0v) is 11.9. The number of fused-ring (bicyclic) bond motifs is 1. The maximum absolute atomic E-state index is 12.7. The monoisotopic (exact) mass is 320 g/mol. The average Bonchev–Trinajstić information content (AvgIpc) is 2.49. The van der Waals surface area contributed by atoms with Crippen LogP contribution in [0, 0.1) is 6.92 Å². The Labute approximate surface area is 128 Å². The molecule has 3 aromatic rings. The molecular formula is C16H11F3N2O2. The Kier molecular flexibility index (Phi) is 3.55. The van der Waals surface area contributed by atoms with E-state index in [9.17, 15) is 18.0 Å². The number of hydrogen-bond donors (Lipinski definition) is 1. The first-order valence-corrected chi connectivity index (χ1v) is 6.69. The van der Waals surface area contributed by atoms with Crippen molar-refractivity contribution in [2.24, 2.45) is 0 Å². The summed E-state index contributed by atoms with van der Waals surface area (Å²) in [6.07, 6.45) is -4.49. The molecular weight excluding hydrogens is 309 g/mol. The third-order valence-corrected chi connectivity index (χ3v) is 3.27. The highest BCUT2D eigenvalue weighted by Crippen LogP contribution is 2.32. The summed E-state index contributed by atoms with van der Waals surface area (Å²) in [6.45, 7) is 1.87. The number of H-pyrrole nitrogens is 1. The van der Waals surface area contributed by atoms with Gasteiger partial charge in [0.2, 0.25) is 0 Å². The topological polar surface area (TPSA) is 55.0 Å². The Morgan fingerprint density at radius 1 is 1.13 bits per heavy atom. The fraction of sp³-hybridized carbons (Fsp3) is 0.125. The van der Waals surface area contributed by atoms with Crippen LogP contribution in [-0.2, 0) is 6.18 Å². The number of halogens is 3. The number of benzene rings is 2. The van der Waals surface area contributed by atoms with E-state index in [0.717, 1.165) is 17.7 Å². The average molecular weight is 320 g/mol. The lowest BCUT2D eigenvalue weighted by Crippen LogP contribution is -2.10. The predicted octanol–water partition coefficient (Wildman–Crippen LogP) is 4.04. The van der Waals surface area contributed by atoms with Gasteiger partial charge in [0.1, 0.15) is 5.75 Å². The molecule has 0 fully saturated rings. The van der Waals surface area contributed by atoms with Crippen LogP contribution >= 0.6 is 0 Å². The summed E-state index contributed by atoms with van der Waals surface area (Å²) in [4.78, 5) is 12.3. The zero-order chi connectivity index (χ0) is 16.6. The van der Waals surface area contributed by atoms with E-state index in [0.29, 0.717) is 10.9 Å². The molecule has 2 aromatic carbocycles. The summed E-state index contributed by atoms with van der Waals surface area (Å²) < 4.78 is 43.3. The molecule has 0 saturated heterocycles. The summed E-state index contributed by atoms with van der Waals surface area (Å²) in [7, 11) is 0. The lowest BCUT2D eigenvalue weighted by molar-refractivity contribution is -0.137. The number of nitrogens with zero attached hydrogens (tertiary/aromatic N) is 1. The Balaban J connectivity index is 2.01. The number of alkyl halides is 3. The van der Waals surface area contributed by atoms with Crippen LogP contribution in [0.4, 0.5) is 13.2 Å². The van der Waals surface area contributed by atoms with E-state index in [-0.39, 0.29) is 11.6 Å². The molecule has 23 heavy (non-hydrogen) atoms. The van der Waals surface area contributed by atoms with Crippen LogP contribution in [0.2, 0.25) is 0 Å². The van der Waals surface area contributed by atoms with Crippen molar-refractivity contribution in [3.63, 3.8) is 0 Å². The van der Waals surface area contributed by atoms with Crippen molar-refractivity contribution in [2.45, 2.75) is 13.1 Å². The van der Waals surface area contributed by atoms with Crippen LogP contribution in [0.5, 0.6) is 11.6 Å². The standard InChI is InChI=1S/C16H11F3N2O2/c1-9-5-6-12-13(7-9)20-21-15(14(12)22)23-11-4-2-3-10(8-11)16(17,18)19/h2-8H,1H3,(H,20,22). The smallest absolute Gasteiger partial charge is 0.416 e. The highest BCUT2D eigenvalue weighted by molar-refractivity contribution is 5.79. The first-order valence-electron chi connectivity index (χ1n) is 6.69. The van der Waals surface area contributed by atoms with Gasteiger partial charge in [-0.15, -0.1) is 5.10 Å². The predicted molar refractivity (Wildman–Crippen MR) is 78.6 cm³/mol. The van der Waals surface area contributed by atoms with E-state index in [4.69, 9.17) is 4.74 Å². The number of aryl methyl sites for hydroxylation is 1. The van der Waals surface area contributed by atoms with Gasteiger partial charge in [0.25, 0.3) is 11.3 Å². The molecule has 118 valence electrons. The minimum absolute atomic E-state index is 0.107. The molecule has 1 N–H and O–H groups in total. The Morgan fingerprint density at radius 3 is 2.65 bits per heavy atom. The van der Waals surface area contributed by atoms with E-state index in [2.05, 4.69) is 10.2 Å². The molecule has 1 heterocycles. The number of aromatic nitrogens is 2. The van der Waals surface area contributed by atoms with Gasteiger partial charge in [-0.25, -0.2) is 0 Å². The Morgan fingerprint density at radius 2 is 1.91 bits per heavy atom. The minimum Gasteiger partial charge on any atom is -0.435 e. The molecule has 0 amide bonds. The maximum atomic E-state index is 12.7. The van der Waals surface area contributed by atoms with Gasteiger partial charge in [0, 0.05) is 0 Å². The molecule has 0 spiro atoms. The third-order valence-electron chi connectivity index (χ3n) is 3.27. The maximum Gasteiger partial charge on any atom is 0.416 e. The summed E-state index contributed by atoms with van der Waals surface area (Å²) in [5.74, 6) is -0.412. The Bertz CT molecular complexity index is 932. The van der Waals surface area contributed by atoms with Crippen molar-refractivity contribution in [2.75, 3.05) is 0 Å². The summed E-state index contributed by atoms with van der Waals surface area (Å²) in [5.41, 5.74) is 0.131. The van der Waals surface area contributed by atoms with E-state index in [1.807, 2.05) is 6.92 Å². The van der Waals surface area contributed by atoms with Gasteiger partial charge in [0.05, 0.1) is 16.5 Å². The molecule has 0 radical (unpaired) electrons. The van der Waals surface area contributed by atoms with Crippen molar-refractivity contribution in [1.82, 2.24) is 10.2 Å². The first kappa shape index (κ1) is 15.1. The fourth-order valence-electron chi connectivity index (χ4n) is 2.14. The van der Waals surface area contributed by atoms with Crippen LogP contribution in [-0.4, -0.2) is 10.2 Å². The molecule has 0 bridgehead atoms. The minimum atomic E-state index is -4.49. The van der Waals surface area contributed by atoms with E-state index >= 15 is 0 Å². The van der Waals surface area contributed by atoms with Gasteiger partial charge in [-0.1, -0.05) is 12.1 Å². The van der Waals surface area contributed by atoms with Crippen LogP contribution in [0.25, 0.3) is 10.9 Å². The number of hydrogen-bond acceptors (Lipinski definition) is 3. The van der Waals surface area contributed by atoms with Gasteiger partial charge in [-0.2, -0.15) is 13.2 Å².